The summed E-state index contributed by atoms with van der Waals surface area (Å²) < 4.78 is 34.8. The summed E-state index contributed by atoms with van der Waals surface area (Å²) in [5.74, 6) is -0.913. The van der Waals surface area contributed by atoms with Gasteiger partial charge in [-0.05, 0) is 37.6 Å². The van der Waals surface area contributed by atoms with Gasteiger partial charge in [-0.25, -0.2) is 9.18 Å². The molecule has 0 saturated heterocycles. The molecule has 0 bridgehead atoms. The molecule has 1 N–H and O–H groups in total. The van der Waals surface area contributed by atoms with Gasteiger partial charge in [0.15, 0.2) is 29.0 Å². The highest BCUT2D eigenvalue weighted by molar-refractivity contribution is 5.97. The zero-order chi connectivity index (χ0) is 21.8. The van der Waals surface area contributed by atoms with Crippen LogP contribution in [0.5, 0.6) is 11.5 Å². The number of aryl methyl sites for hydroxylation is 1. The summed E-state index contributed by atoms with van der Waals surface area (Å²) in [6.07, 6.45) is -1.07. The van der Waals surface area contributed by atoms with E-state index < -0.39 is 23.8 Å². The molecule has 1 atom stereocenters. The Bertz CT molecular complexity index is 1090. The van der Waals surface area contributed by atoms with Crippen LogP contribution in [0.25, 0.3) is 11.0 Å². The number of furan rings is 1. The van der Waals surface area contributed by atoms with Crippen LogP contribution >= 0.6 is 0 Å². The maximum atomic E-state index is 13.9. The molecule has 0 unspecified atom stereocenters. The normalized spacial score (nSPS) is 11.8. The highest BCUT2D eigenvalue weighted by atomic mass is 19.1. The molecule has 0 aliphatic heterocycles. The summed E-state index contributed by atoms with van der Waals surface area (Å²) in [6.45, 7) is 3.28. The molecule has 8 heteroatoms. The van der Waals surface area contributed by atoms with Gasteiger partial charge in [0, 0.05) is 17.5 Å². The third kappa shape index (κ3) is 4.22. The Kier molecular flexibility index (Phi) is 6.25. The maximum Gasteiger partial charge on any atom is 0.375 e. The Morgan fingerprint density at radius 3 is 2.53 bits per heavy atom. The Morgan fingerprint density at radius 2 is 1.87 bits per heavy atom. The number of para-hydroxylation sites is 1. The predicted octanol–water partition coefficient (Wildman–Crippen LogP) is 3.76. The minimum atomic E-state index is -1.07. The second kappa shape index (κ2) is 8.86. The highest BCUT2D eigenvalue weighted by Gasteiger charge is 2.25. The van der Waals surface area contributed by atoms with E-state index >= 15 is 0 Å². The smallest absolute Gasteiger partial charge is 0.375 e. The molecule has 0 spiro atoms. The lowest BCUT2D eigenvalue weighted by Crippen LogP contribution is -2.35. The molecule has 0 fully saturated rings. The van der Waals surface area contributed by atoms with E-state index in [4.69, 9.17) is 18.6 Å². The number of ether oxygens (including phenoxy) is 3. The molecule has 1 amide bonds. The number of rotatable bonds is 7. The van der Waals surface area contributed by atoms with E-state index in [0.717, 1.165) is 5.56 Å². The number of esters is 1. The van der Waals surface area contributed by atoms with Crippen molar-refractivity contribution in [2.24, 2.45) is 0 Å². The lowest BCUT2D eigenvalue weighted by molar-refractivity contribution is -0.129. The number of methoxy groups -OCH3 is 2. The third-order valence-electron chi connectivity index (χ3n) is 4.67. The number of nitrogens with one attached hydrogen (secondary N) is 1. The van der Waals surface area contributed by atoms with Gasteiger partial charge < -0.3 is 23.9 Å². The lowest BCUT2D eigenvalue weighted by Gasteiger charge is -2.14. The van der Waals surface area contributed by atoms with Crippen molar-refractivity contribution in [3.8, 4) is 11.5 Å². The van der Waals surface area contributed by atoms with Crippen LogP contribution in [-0.4, -0.2) is 32.2 Å². The topological polar surface area (TPSA) is 87.0 Å². The van der Waals surface area contributed by atoms with Gasteiger partial charge in [0.05, 0.1) is 14.2 Å². The fraction of sp³-hybridized carbons (Fsp3) is 0.273. The zero-order valence-electron chi connectivity index (χ0n) is 17.1. The molecule has 3 aromatic rings. The van der Waals surface area contributed by atoms with Crippen molar-refractivity contribution in [1.82, 2.24) is 5.32 Å². The van der Waals surface area contributed by atoms with Crippen molar-refractivity contribution in [3.05, 3.63) is 59.1 Å². The number of hydrogen-bond acceptors (Lipinski definition) is 6. The van der Waals surface area contributed by atoms with Gasteiger partial charge in [-0.15, -0.1) is 0 Å². The molecule has 0 aliphatic carbocycles. The van der Waals surface area contributed by atoms with Crippen LogP contribution in [0.2, 0.25) is 0 Å². The second-order valence-corrected chi connectivity index (χ2v) is 6.63. The van der Waals surface area contributed by atoms with Crippen LogP contribution in [0.15, 0.2) is 40.8 Å². The minimum Gasteiger partial charge on any atom is -0.493 e. The van der Waals surface area contributed by atoms with Gasteiger partial charge in [0.1, 0.15) is 0 Å². The fourth-order valence-electron chi connectivity index (χ4n) is 2.99. The zero-order valence-corrected chi connectivity index (χ0v) is 17.1. The largest absolute Gasteiger partial charge is 0.493 e. The van der Waals surface area contributed by atoms with Gasteiger partial charge in [0.2, 0.25) is 5.76 Å². The third-order valence-corrected chi connectivity index (χ3v) is 4.67. The molecule has 7 nitrogen and oxygen atoms in total. The summed E-state index contributed by atoms with van der Waals surface area (Å²) >= 11 is 0. The number of fused-ring (bicyclic) bond motifs is 1. The van der Waals surface area contributed by atoms with Gasteiger partial charge >= 0.3 is 5.97 Å². The van der Waals surface area contributed by atoms with Gasteiger partial charge in [0.25, 0.3) is 5.91 Å². The van der Waals surface area contributed by atoms with Crippen molar-refractivity contribution >= 4 is 22.8 Å². The van der Waals surface area contributed by atoms with Crippen LogP contribution in [0, 0.1) is 12.7 Å². The first-order valence-electron chi connectivity index (χ1n) is 9.23. The van der Waals surface area contributed by atoms with Crippen LogP contribution in [0.4, 0.5) is 4.39 Å². The maximum absolute atomic E-state index is 13.9. The first-order valence-corrected chi connectivity index (χ1v) is 9.23. The van der Waals surface area contributed by atoms with Crippen molar-refractivity contribution in [2.75, 3.05) is 14.2 Å². The minimum absolute atomic E-state index is 0.0208. The van der Waals surface area contributed by atoms with E-state index in [1.165, 1.54) is 33.3 Å². The summed E-state index contributed by atoms with van der Waals surface area (Å²) in [7, 11) is 3.06. The second-order valence-electron chi connectivity index (χ2n) is 6.63. The molecule has 0 saturated carbocycles. The molecule has 0 radical (unpaired) electrons. The van der Waals surface area contributed by atoms with Crippen molar-refractivity contribution in [1.29, 1.82) is 0 Å². The molecular weight excluding hydrogens is 393 g/mol. The van der Waals surface area contributed by atoms with Crippen LogP contribution in [0.3, 0.4) is 0 Å². The average Bonchev–Trinajstić information content (AvgIpc) is 3.09. The Labute approximate surface area is 172 Å². The standard InChI is InChI=1S/C22H22FNO6/c1-12-15-6-5-7-16(23)20(15)30-19(12)22(26)29-13(2)21(25)24-11-14-8-9-17(27-3)18(10-14)28-4/h5-10,13H,11H2,1-4H3,(H,24,25)/t13-/m0/s1. The summed E-state index contributed by atoms with van der Waals surface area (Å²) in [5, 5.41) is 3.17. The van der Waals surface area contributed by atoms with Crippen molar-refractivity contribution in [2.45, 2.75) is 26.5 Å². The van der Waals surface area contributed by atoms with Crippen molar-refractivity contribution in [3.63, 3.8) is 0 Å². The van der Waals surface area contributed by atoms with Crippen LogP contribution < -0.4 is 14.8 Å². The molecule has 158 valence electrons. The number of halogens is 1. The van der Waals surface area contributed by atoms with Crippen LogP contribution in [0.1, 0.15) is 28.6 Å². The van der Waals surface area contributed by atoms with Crippen LogP contribution in [-0.2, 0) is 16.1 Å². The van der Waals surface area contributed by atoms with Gasteiger partial charge in [-0.3, -0.25) is 4.79 Å². The number of carbonyl (C=O) groups excluding carboxylic acids is 2. The first-order chi connectivity index (χ1) is 14.3. The number of benzene rings is 2. The summed E-state index contributed by atoms with van der Waals surface area (Å²) in [5.41, 5.74) is 1.21. The molecule has 0 aliphatic rings. The van der Waals surface area contributed by atoms with E-state index in [0.29, 0.717) is 22.4 Å². The quantitative estimate of drug-likeness (QED) is 0.592. The molecule has 1 aromatic heterocycles. The first kappa shape index (κ1) is 21.2. The number of hydrogen-bond donors (Lipinski definition) is 1. The fourth-order valence-corrected chi connectivity index (χ4v) is 2.99. The SMILES string of the molecule is COc1ccc(CNC(=O)[C@H](C)OC(=O)c2oc3c(F)cccc3c2C)cc1OC. The molecule has 3 rings (SSSR count). The number of carbonyl (C=O) groups is 2. The predicted molar refractivity (Wildman–Crippen MR) is 107 cm³/mol. The van der Waals surface area contributed by atoms with E-state index in [2.05, 4.69) is 5.32 Å². The van der Waals surface area contributed by atoms with Crippen molar-refractivity contribution < 1.29 is 32.6 Å². The summed E-state index contributed by atoms with van der Waals surface area (Å²) in [6, 6.07) is 9.66. The van der Waals surface area contributed by atoms with Gasteiger partial charge in [-0.2, -0.15) is 0 Å². The van der Waals surface area contributed by atoms with E-state index in [1.54, 1.807) is 31.2 Å². The summed E-state index contributed by atoms with van der Waals surface area (Å²) in [4.78, 5) is 24.8. The van der Waals surface area contributed by atoms with E-state index in [9.17, 15) is 14.0 Å². The molecule has 2 aromatic carbocycles. The molecular formula is C22H22FNO6. The monoisotopic (exact) mass is 415 g/mol. The van der Waals surface area contributed by atoms with Gasteiger partial charge in [-0.1, -0.05) is 18.2 Å². The molecule has 1 heterocycles. The molecule has 30 heavy (non-hydrogen) atoms. The lowest BCUT2D eigenvalue weighted by atomic mass is 10.1. The highest BCUT2D eigenvalue weighted by Crippen LogP contribution is 2.28. The van der Waals surface area contributed by atoms with E-state index in [-0.39, 0.29) is 17.9 Å². The van der Waals surface area contributed by atoms with E-state index in [1.807, 2.05) is 0 Å². The average molecular weight is 415 g/mol. The Morgan fingerprint density at radius 1 is 1.13 bits per heavy atom. The number of amides is 1. The Hall–Kier alpha value is -3.55. The Balaban J connectivity index is 1.64.